The van der Waals surface area contributed by atoms with Crippen molar-refractivity contribution in [3.8, 4) is 5.69 Å². The summed E-state index contributed by atoms with van der Waals surface area (Å²) in [5.74, 6) is -0.837. The van der Waals surface area contributed by atoms with Crippen LogP contribution in [0.5, 0.6) is 0 Å². The molecule has 176 valence electrons. The highest BCUT2D eigenvalue weighted by molar-refractivity contribution is 5.92. The molecule has 7 nitrogen and oxygen atoms in total. The molecule has 0 bridgehead atoms. The molecule has 0 saturated carbocycles. The van der Waals surface area contributed by atoms with Crippen LogP contribution in [0.15, 0.2) is 64.2 Å². The van der Waals surface area contributed by atoms with Gasteiger partial charge in [0.25, 0.3) is 5.56 Å². The van der Waals surface area contributed by atoms with Crippen molar-refractivity contribution in [1.82, 2.24) is 13.7 Å². The summed E-state index contributed by atoms with van der Waals surface area (Å²) in [7, 11) is 1.66. The van der Waals surface area contributed by atoms with E-state index in [2.05, 4.69) is 5.32 Å². The number of nitrogens with one attached hydrogen (secondary N) is 1. The molecule has 34 heavy (non-hydrogen) atoms. The molecule has 2 heterocycles. The Labute approximate surface area is 191 Å². The zero-order chi connectivity index (χ0) is 24.8. The lowest BCUT2D eigenvalue weighted by atomic mass is 10.1. The van der Waals surface area contributed by atoms with Gasteiger partial charge in [0.2, 0.25) is 5.91 Å². The van der Waals surface area contributed by atoms with Crippen molar-refractivity contribution in [2.24, 2.45) is 7.05 Å². The Balaban J connectivity index is 1.84. The van der Waals surface area contributed by atoms with Crippen LogP contribution in [0.2, 0.25) is 0 Å². The second-order valence-electron chi connectivity index (χ2n) is 8.01. The highest BCUT2D eigenvalue weighted by Crippen LogP contribution is 2.34. The van der Waals surface area contributed by atoms with Crippen molar-refractivity contribution in [3.05, 3.63) is 92.3 Å². The number of para-hydroxylation sites is 1. The maximum absolute atomic E-state index is 13.4. The molecule has 0 radical (unpaired) electrons. The van der Waals surface area contributed by atoms with E-state index in [0.717, 1.165) is 26.8 Å². The van der Waals surface area contributed by atoms with Gasteiger partial charge in [0, 0.05) is 12.7 Å². The molecule has 1 N–H and O–H groups in total. The topological polar surface area (TPSA) is 78.0 Å². The first-order chi connectivity index (χ1) is 16.0. The summed E-state index contributed by atoms with van der Waals surface area (Å²) in [4.78, 5) is 39.4. The SMILES string of the molecule is Cc1ccc(-n2c(=O)c3c(cc(C)n3C)n(CC(=O)Nc3ccccc3C(F)(F)F)c2=O)cc1. The molecule has 0 aliphatic rings. The first kappa shape index (κ1) is 23.1. The average Bonchev–Trinajstić information content (AvgIpc) is 3.06. The summed E-state index contributed by atoms with van der Waals surface area (Å²) in [6.07, 6.45) is -4.66. The number of benzene rings is 2. The Morgan fingerprint density at radius 3 is 2.29 bits per heavy atom. The molecule has 0 aliphatic carbocycles. The van der Waals surface area contributed by atoms with Crippen molar-refractivity contribution in [2.75, 3.05) is 5.32 Å². The monoisotopic (exact) mass is 470 g/mol. The van der Waals surface area contributed by atoms with Crippen LogP contribution in [0.4, 0.5) is 18.9 Å². The van der Waals surface area contributed by atoms with Crippen molar-refractivity contribution in [3.63, 3.8) is 0 Å². The molecule has 0 aliphatic heterocycles. The number of fused-ring (bicyclic) bond motifs is 1. The molecule has 2 aromatic carbocycles. The Morgan fingerprint density at radius 2 is 1.65 bits per heavy atom. The maximum atomic E-state index is 13.4. The first-order valence-corrected chi connectivity index (χ1v) is 10.3. The summed E-state index contributed by atoms with van der Waals surface area (Å²) >= 11 is 0. The normalized spacial score (nSPS) is 11.7. The summed E-state index contributed by atoms with van der Waals surface area (Å²) in [5, 5.41) is 2.25. The van der Waals surface area contributed by atoms with E-state index in [0.29, 0.717) is 11.4 Å². The zero-order valence-corrected chi connectivity index (χ0v) is 18.6. The second kappa shape index (κ2) is 8.36. The summed E-state index contributed by atoms with van der Waals surface area (Å²) < 4.78 is 43.6. The van der Waals surface area contributed by atoms with Crippen LogP contribution in [0.25, 0.3) is 16.7 Å². The number of aryl methyl sites for hydroxylation is 3. The molecule has 4 aromatic rings. The van der Waals surface area contributed by atoms with Crippen LogP contribution in [0.3, 0.4) is 0 Å². The second-order valence-corrected chi connectivity index (χ2v) is 8.01. The lowest BCUT2D eigenvalue weighted by molar-refractivity contribution is -0.137. The number of nitrogens with zero attached hydrogens (tertiary/aromatic N) is 3. The van der Waals surface area contributed by atoms with Gasteiger partial charge in [-0.2, -0.15) is 13.2 Å². The van der Waals surface area contributed by atoms with Crippen LogP contribution in [-0.2, 0) is 24.6 Å². The molecule has 2 aromatic heterocycles. The third-order valence-corrected chi connectivity index (χ3v) is 5.67. The number of alkyl halides is 3. The third-order valence-electron chi connectivity index (χ3n) is 5.67. The molecule has 0 saturated heterocycles. The van der Waals surface area contributed by atoms with Gasteiger partial charge in [-0.1, -0.05) is 29.8 Å². The molecular weight excluding hydrogens is 449 g/mol. The molecule has 4 rings (SSSR count). The molecule has 0 atom stereocenters. The van der Waals surface area contributed by atoms with E-state index in [1.807, 2.05) is 6.92 Å². The predicted molar refractivity (Wildman–Crippen MR) is 122 cm³/mol. The maximum Gasteiger partial charge on any atom is 0.418 e. The summed E-state index contributed by atoms with van der Waals surface area (Å²) in [6, 6.07) is 12.9. The first-order valence-electron chi connectivity index (χ1n) is 10.3. The minimum Gasteiger partial charge on any atom is -0.342 e. The van der Waals surface area contributed by atoms with Crippen LogP contribution in [0, 0.1) is 13.8 Å². The smallest absolute Gasteiger partial charge is 0.342 e. The van der Waals surface area contributed by atoms with Gasteiger partial charge >= 0.3 is 11.9 Å². The summed E-state index contributed by atoms with van der Waals surface area (Å²) in [6.45, 7) is 3.01. The molecule has 0 fully saturated rings. The number of carbonyl (C=O) groups is 1. The summed E-state index contributed by atoms with van der Waals surface area (Å²) in [5.41, 5.74) is -0.414. The van der Waals surface area contributed by atoms with E-state index in [-0.39, 0.29) is 11.0 Å². The number of rotatable bonds is 4. The van der Waals surface area contributed by atoms with Gasteiger partial charge in [-0.05, 0) is 44.2 Å². The third kappa shape index (κ3) is 4.02. The average molecular weight is 470 g/mol. The van der Waals surface area contributed by atoms with Crippen molar-refractivity contribution in [1.29, 1.82) is 0 Å². The van der Waals surface area contributed by atoms with E-state index in [1.54, 1.807) is 48.9 Å². The Morgan fingerprint density at radius 1 is 1.00 bits per heavy atom. The van der Waals surface area contributed by atoms with Crippen LogP contribution in [0.1, 0.15) is 16.8 Å². The minimum absolute atomic E-state index is 0.196. The van der Waals surface area contributed by atoms with Crippen molar-refractivity contribution in [2.45, 2.75) is 26.6 Å². The van der Waals surface area contributed by atoms with Crippen LogP contribution >= 0.6 is 0 Å². The van der Waals surface area contributed by atoms with E-state index in [9.17, 15) is 27.6 Å². The van der Waals surface area contributed by atoms with Gasteiger partial charge in [0.05, 0.1) is 22.5 Å². The van der Waals surface area contributed by atoms with Gasteiger partial charge in [0.1, 0.15) is 12.1 Å². The van der Waals surface area contributed by atoms with E-state index >= 15 is 0 Å². The number of hydrogen-bond acceptors (Lipinski definition) is 3. The highest BCUT2D eigenvalue weighted by atomic mass is 19.4. The lowest BCUT2D eigenvalue weighted by Crippen LogP contribution is -2.41. The highest BCUT2D eigenvalue weighted by Gasteiger charge is 2.33. The van der Waals surface area contributed by atoms with Gasteiger partial charge in [-0.15, -0.1) is 0 Å². The predicted octanol–water partition coefficient (Wildman–Crippen LogP) is 3.77. The van der Waals surface area contributed by atoms with E-state index in [4.69, 9.17) is 0 Å². The van der Waals surface area contributed by atoms with Crippen molar-refractivity contribution < 1.29 is 18.0 Å². The molecule has 10 heteroatoms. The number of hydrogen-bond donors (Lipinski definition) is 1. The molecule has 0 unspecified atom stereocenters. The van der Waals surface area contributed by atoms with Gasteiger partial charge in [-0.3, -0.25) is 14.2 Å². The van der Waals surface area contributed by atoms with Gasteiger partial charge < -0.3 is 9.88 Å². The number of amides is 1. The number of carbonyl (C=O) groups excluding carboxylic acids is 1. The Kier molecular flexibility index (Phi) is 5.68. The van der Waals surface area contributed by atoms with E-state index in [1.165, 1.54) is 12.1 Å². The minimum atomic E-state index is -4.66. The lowest BCUT2D eigenvalue weighted by Gasteiger charge is -2.15. The Bertz CT molecular complexity index is 1530. The largest absolute Gasteiger partial charge is 0.418 e. The number of aromatic nitrogens is 3. The zero-order valence-electron chi connectivity index (χ0n) is 18.6. The molecule has 0 spiro atoms. The fourth-order valence-corrected chi connectivity index (χ4v) is 3.83. The van der Waals surface area contributed by atoms with Crippen LogP contribution in [-0.4, -0.2) is 19.6 Å². The van der Waals surface area contributed by atoms with Gasteiger partial charge in [0.15, 0.2) is 0 Å². The fraction of sp³-hybridized carbons (Fsp3) is 0.208. The van der Waals surface area contributed by atoms with Crippen molar-refractivity contribution >= 4 is 22.6 Å². The van der Waals surface area contributed by atoms with Gasteiger partial charge in [-0.25, -0.2) is 9.36 Å². The Hall–Kier alpha value is -4.08. The quantitative estimate of drug-likeness (QED) is 0.493. The standard InChI is InChI=1S/C24H21F3N4O3/c1-14-8-10-16(11-9-14)31-22(33)21-19(12-15(2)29(21)3)30(23(31)34)13-20(32)28-18-7-5-4-6-17(18)24(25,26)27/h4-12H,13H2,1-3H3,(H,28,32). The van der Waals surface area contributed by atoms with E-state index < -0.39 is 41.1 Å². The molecule has 1 amide bonds. The number of halogens is 3. The fourth-order valence-electron chi connectivity index (χ4n) is 3.83. The number of anilines is 1. The van der Waals surface area contributed by atoms with Crippen LogP contribution < -0.4 is 16.6 Å². The molecular formula is C24H21F3N4O3.